The van der Waals surface area contributed by atoms with Crippen molar-refractivity contribution in [1.82, 2.24) is 4.31 Å². The summed E-state index contributed by atoms with van der Waals surface area (Å²) in [7, 11) is -1.98. The first-order chi connectivity index (χ1) is 7.41. The van der Waals surface area contributed by atoms with Crippen LogP contribution in [0.5, 0.6) is 0 Å². The minimum atomic E-state index is -3.48. The highest BCUT2D eigenvalue weighted by molar-refractivity contribution is 9.13. The molecule has 1 rings (SSSR count). The zero-order valence-corrected chi connectivity index (χ0v) is 13.2. The number of rotatable bonds is 4. The van der Waals surface area contributed by atoms with E-state index in [4.69, 9.17) is 11.6 Å². The smallest absolute Gasteiger partial charge is 0.207 e. The lowest BCUT2D eigenvalue weighted by molar-refractivity contribution is 0.487. The van der Waals surface area contributed by atoms with Gasteiger partial charge in [0.15, 0.2) is 0 Å². The van der Waals surface area contributed by atoms with Crippen LogP contribution in [0.4, 0.5) is 0 Å². The van der Waals surface area contributed by atoms with Crippen molar-refractivity contribution in [3.05, 3.63) is 27.1 Å². The van der Waals surface area contributed by atoms with E-state index in [1.807, 2.05) is 0 Å². The molecule has 0 heterocycles. The van der Waals surface area contributed by atoms with Crippen LogP contribution < -0.4 is 0 Å². The molecule has 1 aromatic carbocycles. The molecule has 90 valence electrons. The van der Waals surface area contributed by atoms with Crippen LogP contribution in [0.15, 0.2) is 32.0 Å². The van der Waals surface area contributed by atoms with E-state index in [0.29, 0.717) is 8.95 Å². The van der Waals surface area contributed by atoms with Gasteiger partial charge in [0.05, 0.1) is 9.37 Å². The minimum absolute atomic E-state index is 0.231. The van der Waals surface area contributed by atoms with Crippen LogP contribution in [0, 0.1) is 0 Å². The highest BCUT2D eigenvalue weighted by Crippen LogP contribution is 2.31. The molecule has 0 saturated heterocycles. The molecule has 3 nitrogen and oxygen atoms in total. The van der Waals surface area contributed by atoms with Gasteiger partial charge in [-0.25, -0.2) is 8.42 Å². The molecule has 0 aliphatic heterocycles. The number of benzene rings is 1. The Kier molecular flexibility index (Phi) is 5.25. The quantitative estimate of drug-likeness (QED) is 0.740. The van der Waals surface area contributed by atoms with Gasteiger partial charge in [0.1, 0.15) is 0 Å². The second kappa shape index (κ2) is 5.82. The van der Waals surface area contributed by atoms with Crippen LogP contribution >= 0.6 is 43.5 Å². The molecule has 0 radical (unpaired) electrons. The SMILES string of the molecule is CN(CCCl)S(=O)(=O)c1cccc(Br)c1Br. The molecule has 0 bridgehead atoms. The third-order valence-electron chi connectivity index (χ3n) is 2.00. The zero-order valence-electron chi connectivity index (χ0n) is 8.45. The topological polar surface area (TPSA) is 37.4 Å². The van der Waals surface area contributed by atoms with Gasteiger partial charge in [-0.15, -0.1) is 11.6 Å². The molecule has 0 unspecified atom stereocenters. The molecular formula is C9H10Br2ClNO2S. The standard InChI is InChI=1S/C9H10Br2ClNO2S/c1-13(6-5-12)16(14,15)8-4-2-3-7(10)9(8)11/h2-4H,5-6H2,1H3. The van der Waals surface area contributed by atoms with Gasteiger partial charge >= 0.3 is 0 Å². The zero-order chi connectivity index (χ0) is 12.3. The number of alkyl halides is 1. The third kappa shape index (κ3) is 2.98. The van der Waals surface area contributed by atoms with Crippen molar-refractivity contribution in [2.75, 3.05) is 19.5 Å². The van der Waals surface area contributed by atoms with Gasteiger partial charge in [0.25, 0.3) is 0 Å². The molecule has 0 saturated carbocycles. The second-order valence-corrected chi connectivity index (χ2v) is 7.11. The van der Waals surface area contributed by atoms with Crippen molar-refractivity contribution in [2.45, 2.75) is 4.90 Å². The molecule has 0 fully saturated rings. The predicted molar refractivity (Wildman–Crippen MR) is 72.4 cm³/mol. The van der Waals surface area contributed by atoms with E-state index in [1.165, 1.54) is 11.4 Å². The fourth-order valence-electron chi connectivity index (χ4n) is 1.09. The highest BCUT2D eigenvalue weighted by atomic mass is 79.9. The maximum absolute atomic E-state index is 12.1. The maximum atomic E-state index is 12.1. The molecule has 0 spiro atoms. The predicted octanol–water partition coefficient (Wildman–Crippen LogP) is 3.07. The van der Waals surface area contributed by atoms with Crippen molar-refractivity contribution in [2.24, 2.45) is 0 Å². The van der Waals surface area contributed by atoms with E-state index < -0.39 is 10.0 Å². The van der Waals surface area contributed by atoms with Gasteiger partial charge in [-0.3, -0.25) is 0 Å². The summed E-state index contributed by atoms with van der Waals surface area (Å²) in [5, 5.41) is 0. The molecule has 0 aromatic heterocycles. The van der Waals surface area contributed by atoms with E-state index in [-0.39, 0.29) is 17.3 Å². The summed E-state index contributed by atoms with van der Waals surface area (Å²) in [4.78, 5) is 0.231. The van der Waals surface area contributed by atoms with Gasteiger partial charge < -0.3 is 0 Å². The third-order valence-corrected chi connectivity index (χ3v) is 6.38. The van der Waals surface area contributed by atoms with Crippen LogP contribution in [0.3, 0.4) is 0 Å². The molecular weight excluding hydrogens is 381 g/mol. The summed E-state index contributed by atoms with van der Waals surface area (Å²) in [6.07, 6.45) is 0. The van der Waals surface area contributed by atoms with Gasteiger partial charge in [0.2, 0.25) is 10.0 Å². The maximum Gasteiger partial charge on any atom is 0.244 e. The number of hydrogen-bond acceptors (Lipinski definition) is 2. The van der Waals surface area contributed by atoms with Crippen molar-refractivity contribution < 1.29 is 8.42 Å². The fraction of sp³-hybridized carbons (Fsp3) is 0.333. The average Bonchev–Trinajstić information content (AvgIpc) is 2.22. The fourth-order valence-corrected chi connectivity index (χ4v) is 4.07. The van der Waals surface area contributed by atoms with Crippen molar-refractivity contribution in [1.29, 1.82) is 0 Å². The Balaban J connectivity index is 3.22. The van der Waals surface area contributed by atoms with Crippen LogP contribution in [0.1, 0.15) is 0 Å². The van der Waals surface area contributed by atoms with Crippen LogP contribution in [-0.2, 0) is 10.0 Å². The molecule has 0 amide bonds. The largest absolute Gasteiger partial charge is 0.244 e. The Labute approximate surface area is 117 Å². The second-order valence-electron chi connectivity index (χ2n) is 3.07. The molecule has 0 aliphatic carbocycles. The van der Waals surface area contributed by atoms with E-state index in [2.05, 4.69) is 31.9 Å². The van der Waals surface area contributed by atoms with E-state index >= 15 is 0 Å². The summed E-state index contributed by atoms with van der Waals surface area (Å²) in [6.45, 7) is 0.281. The Morgan fingerprint density at radius 1 is 1.38 bits per heavy atom. The molecule has 0 N–H and O–H groups in total. The Bertz CT molecular complexity index is 478. The lowest BCUT2D eigenvalue weighted by atomic mass is 10.4. The summed E-state index contributed by atoms with van der Waals surface area (Å²) in [5.74, 6) is 0.265. The van der Waals surface area contributed by atoms with Gasteiger partial charge in [0, 0.05) is 23.9 Å². The van der Waals surface area contributed by atoms with Crippen LogP contribution in [-0.4, -0.2) is 32.2 Å². The van der Waals surface area contributed by atoms with Crippen LogP contribution in [0.2, 0.25) is 0 Å². The number of nitrogens with zero attached hydrogens (tertiary/aromatic N) is 1. The number of sulfonamides is 1. The van der Waals surface area contributed by atoms with E-state index in [1.54, 1.807) is 18.2 Å². The lowest BCUT2D eigenvalue weighted by Crippen LogP contribution is -2.29. The Morgan fingerprint density at radius 2 is 2.00 bits per heavy atom. The Morgan fingerprint density at radius 3 is 2.56 bits per heavy atom. The van der Waals surface area contributed by atoms with Crippen molar-refractivity contribution >= 4 is 53.5 Å². The Hall–Kier alpha value is 0.380. The van der Waals surface area contributed by atoms with E-state index in [0.717, 1.165) is 0 Å². The van der Waals surface area contributed by atoms with Gasteiger partial charge in [-0.1, -0.05) is 6.07 Å². The summed E-state index contributed by atoms with van der Waals surface area (Å²) in [5.41, 5.74) is 0. The lowest BCUT2D eigenvalue weighted by Gasteiger charge is -2.17. The minimum Gasteiger partial charge on any atom is -0.207 e. The number of hydrogen-bond donors (Lipinski definition) is 0. The summed E-state index contributed by atoms with van der Waals surface area (Å²) >= 11 is 12.1. The van der Waals surface area contributed by atoms with Crippen molar-refractivity contribution in [3.63, 3.8) is 0 Å². The number of halogens is 3. The van der Waals surface area contributed by atoms with Gasteiger partial charge in [-0.05, 0) is 44.0 Å². The van der Waals surface area contributed by atoms with Gasteiger partial charge in [-0.2, -0.15) is 4.31 Å². The molecule has 0 aliphatic rings. The average molecular weight is 392 g/mol. The molecule has 16 heavy (non-hydrogen) atoms. The van der Waals surface area contributed by atoms with E-state index in [9.17, 15) is 8.42 Å². The first-order valence-electron chi connectivity index (χ1n) is 4.37. The first-order valence-corrected chi connectivity index (χ1v) is 7.93. The normalized spacial score (nSPS) is 12.1. The van der Waals surface area contributed by atoms with Crippen LogP contribution in [0.25, 0.3) is 0 Å². The van der Waals surface area contributed by atoms with Crippen molar-refractivity contribution in [3.8, 4) is 0 Å². The summed E-state index contributed by atoms with van der Waals surface area (Å²) < 4.78 is 26.7. The highest BCUT2D eigenvalue weighted by Gasteiger charge is 2.23. The molecule has 7 heteroatoms. The summed E-state index contributed by atoms with van der Waals surface area (Å²) in [6, 6.07) is 5.00. The monoisotopic (exact) mass is 389 g/mol. The first kappa shape index (κ1) is 14.4. The molecule has 0 atom stereocenters. The molecule has 1 aromatic rings.